The lowest BCUT2D eigenvalue weighted by molar-refractivity contribution is 0.445. The first-order valence-electron chi connectivity index (χ1n) is 8.87. The Kier molecular flexibility index (Phi) is 6.33. The van der Waals surface area contributed by atoms with Crippen LogP contribution in [0, 0.1) is 0 Å². The molecule has 1 heterocycles. The van der Waals surface area contributed by atoms with E-state index in [9.17, 15) is 8.42 Å². The molecule has 0 fully saturated rings. The molecule has 0 aliphatic heterocycles. The average molecular weight is 421 g/mol. The topological polar surface area (TPSA) is 88.3 Å². The quantitative estimate of drug-likeness (QED) is 0.591. The van der Waals surface area contributed by atoms with Crippen molar-refractivity contribution in [2.75, 3.05) is 18.4 Å². The van der Waals surface area contributed by atoms with E-state index in [1.807, 2.05) is 32.0 Å². The third-order valence-corrected chi connectivity index (χ3v) is 6.61. The van der Waals surface area contributed by atoms with E-state index in [0.29, 0.717) is 42.0 Å². The van der Waals surface area contributed by atoms with Gasteiger partial charge in [0.15, 0.2) is 0 Å². The maximum absolute atomic E-state index is 12.5. The molecule has 0 spiro atoms. The summed E-state index contributed by atoms with van der Waals surface area (Å²) in [5.74, 6) is 0.748. The van der Waals surface area contributed by atoms with E-state index in [4.69, 9.17) is 16.0 Å². The monoisotopic (exact) mass is 420 g/mol. The maximum Gasteiger partial charge on any atom is 0.249 e. The Morgan fingerprint density at radius 3 is 2.36 bits per heavy atom. The molecule has 0 aliphatic carbocycles. The zero-order chi connectivity index (χ0) is 20.1. The van der Waals surface area contributed by atoms with Crippen LogP contribution in [0.5, 0.6) is 0 Å². The van der Waals surface area contributed by atoms with Gasteiger partial charge < -0.3 is 9.73 Å². The van der Waals surface area contributed by atoms with Gasteiger partial charge in [-0.1, -0.05) is 37.6 Å². The van der Waals surface area contributed by atoms with Gasteiger partial charge in [0.2, 0.25) is 21.8 Å². The summed E-state index contributed by atoms with van der Waals surface area (Å²) in [4.78, 5) is 0.264. The number of hydrogen-bond acceptors (Lipinski definition) is 6. The molecule has 1 N–H and O–H groups in total. The van der Waals surface area contributed by atoms with Crippen LogP contribution in [0.4, 0.5) is 5.69 Å². The molecule has 148 valence electrons. The van der Waals surface area contributed by atoms with E-state index < -0.39 is 10.0 Å². The maximum atomic E-state index is 12.5. The van der Waals surface area contributed by atoms with Crippen molar-refractivity contribution < 1.29 is 12.8 Å². The minimum Gasteiger partial charge on any atom is -0.419 e. The molecular formula is C19H21ClN4O3S. The highest BCUT2D eigenvalue weighted by atomic mass is 35.5. The van der Waals surface area contributed by atoms with Crippen molar-refractivity contribution in [3.05, 3.63) is 59.4 Å². The largest absolute Gasteiger partial charge is 0.419 e. The van der Waals surface area contributed by atoms with Crippen LogP contribution < -0.4 is 5.32 Å². The minimum absolute atomic E-state index is 0.264. The summed E-state index contributed by atoms with van der Waals surface area (Å²) >= 11 is 6.14. The van der Waals surface area contributed by atoms with Gasteiger partial charge in [-0.3, -0.25) is 0 Å². The summed E-state index contributed by atoms with van der Waals surface area (Å²) in [5, 5.41) is 11.7. The summed E-state index contributed by atoms with van der Waals surface area (Å²) in [6.45, 7) is 4.81. The Balaban J connectivity index is 1.67. The Labute approximate surface area is 169 Å². The molecule has 0 radical (unpaired) electrons. The van der Waals surface area contributed by atoms with Crippen LogP contribution in [0.2, 0.25) is 5.02 Å². The van der Waals surface area contributed by atoms with Crippen molar-refractivity contribution in [2.24, 2.45) is 0 Å². The van der Waals surface area contributed by atoms with E-state index in [1.165, 1.54) is 4.31 Å². The average Bonchev–Trinajstić information content (AvgIpc) is 3.16. The highest BCUT2D eigenvalue weighted by Gasteiger charge is 2.21. The second-order valence-electron chi connectivity index (χ2n) is 5.95. The predicted molar refractivity (Wildman–Crippen MR) is 109 cm³/mol. The van der Waals surface area contributed by atoms with E-state index in [0.717, 1.165) is 5.69 Å². The van der Waals surface area contributed by atoms with Crippen LogP contribution in [0.1, 0.15) is 19.7 Å². The number of rotatable bonds is 8. The molecule has 0 amide bonds. The molecule has 0 saturated carbocycles. The van der Waals surface area contributed by atoms with Crippen molar-refractivity contribution in [3.63, 3.8) is 0 Å². The van der Waals surface area contributed by atoms with Gasteiger partial charge in [0.25, 0.3) is 0 Å². The molecule has 0 bridgehead atoms. The summed E-state index contributed by atoms with van der Waals surface area (Å²) in [7, 11) is -3.46. The van der Waals surface area contributed by atoms with Gasteiger partial charge in [-0.15, -0.1) is 10.2 Å². The molecule has 0 atom stereocenters. The molecule has 7 nitrogen and oxygen atoms in total. The first-order valence-corrected chi connectivity index (χ1v) is 10.7. The first-order chi connectivity index (χ1) is 13.5. The molecule has 0 saturated heterocycles. The Bertz CT molecular complexity index is 1030. The van der Waals surface area contributed by atoms with Gasteiger partial charge in [-0.25, -0.2) is 8.42 Å². The van der Waals surface area contributed by atoms with Crippen LogP contribution in [-0.4, -0.2) is 36.0 Å². The van der Waals surface area contributed by atoms with E-state index >= 15 is 0 Å². The van der Waals surface area contributed by atoms with Crippen molar-refractivity contribution >= 4 is 27.3 Å². The molecule has 0 aliphatic rings. The van der Waals surface area contributed by atoms with Crippen molar-refractivity contribution in [1.82, 2.24) is 14.5 Å². The normalized spacial score (nSPS) is 11.7. The number of aromatic nitrogens is 2. The van der Waals surface area contributed by atoms with Gasteiger partial charge in [-0.05, 0) is 36.4 Å². The Morgan fingerprint density at radius 2 is 1.71 bits per heavy atom. The van der Waals surface area contributed by atoms with Crippen molar-refractivity contribution in [1.29, 1.82) is 0 Å². The zero-order valence-corrected chi connectivity index (χ0v) is 17.2. The second-order valence-corrected chi connectivity index (χ2v) is 8.29. The number of anilines is 1. The predicted octanol–water partition coefficient (Wildman–Crippen LogP) is 4.03. The van der Waals surface area contributed by atoms with Gasteiger partial charge >= 0.3 is 0 Å². The fourth-order valence-electron chi connectivity index (χ4n) is 2.70. The number of nitrogens with one attached hydrogen (secondary N) is 1. The smallest absolute Gasteiger partial charge is 0.249 e. The van der Waals surface area contributed by atoms with Gasteiger partial charge in [0, 0.05) is 18.8 Å². The molecule has 9 heteroatoms. The number of nitrogens with zero attached hydrogens (tertiary/aromatic N) is 3. The number of benzene rings is 2. The zero-order valence-electron chi connectivity index (χ0n) is 15.6. The molecule has 2 aromatic carbocycles. The summed E-state index contributed by atoms with van der Waals surface area (Å²) in [6.07, 6.45) is 0. The van der Waals surface area contributed by atoms with Gasteiger partial charge in [0.05, 0.1) is 22.0 Å². The van der Waals surface area contributed by atoms with E-state index in [1.54, 1.807) is 30.3 Å². The van der Waals surface area contributed by atoms with Crippen LogP contribution in [-0.2, 0) is 16.6 Å². The Morgan fingerprint density at radius 1 is 1.04 bits per heavy atom. The third kappa shape index (κ3) is 4.35. The summed E-state index contributed by atoms with van der Waals surface area (Å²) < 4.78 is 32.1. The molecule has 28 heavy (non-hydrogen) atoms. The lowest BCUT2D eigenvalue weighted by Crippen LogP contribution is -2.30. The number of hydrogen-bond donors (Lipinski definition) is 1. The van der Waals surface area contributed by atoms with Gasteiger partial charge in [0.1, 0.15) is 0 Å². The highest BCUT2D eigenvalue weighted by Crippen LogP contribution is 2.26. The van der Waals surface area contributed by atoms with E-state index in [-0.39, 0.29) is 4.90 Å². The Hall–Kier alpha value is -2.42. The molecule has 1 aromatic heterocycles. The standard InChI is InChI=1S/C19H21ClN4O3S/c1-3-24(4-2)28(25,26)15-11-9-14(10-12-15)21-13-18-22-23-19(27-18)16-7-5-6-8-17(16)20/h5-12,21H,3-4,13H2,1-2H3. The fourth-order valence-corrected chi connectivity index (χ4v) is 4.38. The van der Waals surface area contributed by atoms with Crippen LogP contribution in [0.15, 0.2) is 57.8 Å². The number of sulfonamides is 1. The summed E-state index contributed by atoms with van der Waals surface area (Å²) in [5.41, 5.74) is 1.42. The fraction of sp³-hybridized carbons (Fsp3) is 0.263. The van der Waals surface area contributed by atoms with Crippen molar-refractivity contribution in [3.8, 4) is 11.5 Å². The van der Waals surface area contributed by atoms with E-state index in [2.05, 4.69) is 15.5 Å². The number of halogens is 1. The van der Waals surface area contributed by atoms with Crippen LogP contribution in [0.25, 0.3) is 11.5 Å². The summed E-state index contributed by atoms with van der Waals surface area (Å²) in [6, 6.07) is 13.8. The highest BCUT2D eigenvalue weighted by molar-refractivity contribution is 7.89. The molecule has 3 rings (SSSR count). The second kappa shape index (κ2) is 8.72. The van der Waals surface area contributed by atoms with Crippen LogP contribution in [0.3, 0.4) is 0 Å². The first kappa shape index (κ1) is 20.3. The molecular weight excluding hydrogens is 400 g/mol. The SMILES string of the molecule is CCN(CC)S(=O)(=O)c1ccc(NCc2nnc(-c3ccccc3Cl)o2)cc1. The van der Waals surface area contributed by atoms with Crippen molar-refractivity contribution in [2.45, 2.75) is 25.3 Å². The lowest BCUT2D eigenvalue weighted by Gasteiger charge is -2.18. The van der Waals surface area contributed by atoms with Crippen LogP contribution >= 0.6 is 11.6 Å². The third-order valence-electron chi connectivity index (χ3n) is 4.21. The molecule has 0 unspecified atom stereocenters. The minimum atomic E-state index is -3.46. The lowest BCUT2D eigenvalue weighted by atomic mass is 10.2. The molecule has 3 aromatic rings. The van der Waals surface area contributed by atoms with Gasteiger partial charge in [-0.2, -0.15) is 4.31 Å².